The molecular weight excluding hydrogens is 320 g/mol. The molecule has 1 aliphatic heterocycles. The number of likely N-dealkylation sites (N-methyl/N-ethyl adjacent to an activating group) is 1. The molecule has 0 saturated carbocycles. The van der Waals surface area contributed by atoms with E-state index in [2.05, 4.69) is 40.1 Å². The molecule has 5 nitrogen and oxygen atoms in total. The van der Waals surface area contributed by atoms with Crippen molar-refractivity contribution in [2.24, 2.45) is 0 Å². The number of rotatable bonds is 6. The Balaban J connectivity index is 1.41. The van der Waals surface area contributed by atoms with E-state index in [0.717, 1.165) is 43.2 Å². The summed E-state index contributed by atoms with van der Waals surface area (Å²) >= 11 is 1.68. The number of thiazole rings is 1. The fourth-order valence-corrected chi connectivity index (χ4v) is 4.02. The molecule has 0 bridgehead atoms. The Labute approximate surface area is 147 Å². The summed E-state index contributed by atoms with van der Waals surface area (Å²) < 4.78 is 1.19. The van der Waals surface area contributed by atoms with Gasteiger partial charge in [0.15, 0.2) is 0 Å². The van der Waals surface area contributed by atoms with Crippen molar-refractivity contribution in [3.05, 3.63) is 29.3 Å². The van der Waals surface area contributed by atoms with Gasteiger partial charge in [0.2, 0.25) is 5.91 Å². The van der Waals surface area contributed by atoms with Crippen LogP contribution in [0, 0.1) is 0 Å². The van der Waals surface area contributed by atoms with Crippen molar-refractivity contribution in [1.82, 2.24) is 20.1 Å². The quantitative estimate of drug-likeness (QED) is 0.869. The van der Waals surface area contributed by atoms with E-state index in [4.69, 9.17) is 0 Å². The Morgan fingerprint density at radius 1 is 1.29 bits per heavy atom. The van der Waals surface area contributed by atoms with Gasteiger partial charge in [-0.05, 0) is 26.1 Å². The van der Waals surface area contributed by atoms with Crippen molar-refractivity contribution < 1.29 is 4.79 Å². The van der Waals surface area contributed by atoms with Crippen LogP contribution >= 0.6 is 11.3 Å². The first-order valence-electron chi connectivity index (χ1n) is 8.65. The molecule has 0 spiro atoms. The third-order valence-electron chi connectivity index (χ3n) is 4.44. The zero-order valence-electron chi connectivity index (χ0n) is 14.5. The van der Waals surface area contributed by atoms with Crippen LogP contribution in [0.4, 0.5) is 0 Å². The summed E-state index contributed by atoms with van der Waals surface area (Å²) in [7, 11) is 2.16. The first kappa shape index (κ1) is 17.3. The number of aromatic nitrogens is 1. The summed E-state index contributed by atoms with van der Waals surface area (Å²) in [6.45, 7) is 7.41. The summed E-state index contributed by atoms with van der Waals surface area (Å²) in [5, 5.41) is 4.16. The second-order valence-electron chi connectivity index (χ2n) is 6.65. The van der Waals surface area contributed by atoms with E-state index >= 15 is 0 Å². The van der Waals surface area contributed by atoms with E-state index in [-0.39, 0.29) is 11.9 Å². The molecule has 1 unspecified atom stereocenters. The molecule has 1 aliphatic rings. The molecule has 1 atom stereocenters. The Morgan fingerprint density at radius 2 is 2.04 bits per heavy atom. The summed E-state index contributed by atoms with van der Waals surface area (Å²) in [5.74, 6) is 0.121. The lowest BCUT2D eigenvalue weighted by atomic mass is 10.2. The molecule has 24 heavy (non-hydrogen) atoms. The van der Waals surface area contributed by atoms with Crippen molar-refractivity contribution >= 4 is 27.5 Å². The van der Waals surface area contributed by atoms with Gasteiger partial charge in [-0.2, -0.15) is 0 Å². The molecule has 1 fully saturated rings. The largest absolute Gasteiger partial charge is 0.352 e. The van der Waals surface area contributed by atoms with E-state index in [1.807, 2.05) is 18.2 Å². The lowest BCUT2D eigenvalue weighted by Gasteiger charge is -2.34. The Kier molecular flexibility index (Phi) is 5.81. The van der Waals surface area contributed by atoms with Gasteiger partial charge in [-0.15, -0.1) is 11.3 Å². The van der Waals surface area contributed by atoms with E-state index < -0.39 is 0 Å². The minimum Gasteiger partial charge on any atom is -0.352 e. The molecular formula is C18H26N4OS. The Hall–Kier alpha value is -1.50. The third kappa shape index (κ3) is 4.75. The van der Waals surface area contributed by atoms with Gasteiger partial charge in [0.05, 0.1) is 15.2 Å². The number of para-hydroxylation sites is 1. The molecule has 0 radical (unpaired) electrons. The number of hydrogen-bond acceptors (Lipinski definition) is 5. The van der Waals surface area contributed by atoms with Crippen LogP contribution in [-0.2, 0) is 11.2 Å². The van der Waals surface area contributed by atoms with Crippen LogP contribution in [0.25, 0.3) is 10.2 Å². The molecule has 2 aromatic rings. The highest BCUT2D eigenvalue weighted by atomic mass is 32.1. The van der Waals surface area contributed by atoms with Crippen LogP contribution in [0.3, 0.4) is 0 Å². The molecule has 1 N–H and O–H groups in total. The molecule has 3 rings (SSSR count). The highest BCUT2D eigenvalue weighted by Gasteiger charge is 2.17. The third-order valence-corrected chi connectivity index (χ3v) is 5.54. The van der Waals surface area contributed by atoms with Gasteiger partial charge in [-0.3, -0.25) is 9.69 Å². The van der Waals surface area contributed by atoms with Crippen molar-refractivity contribution in [3.63, 3.8) is 0 Å². The maximum absolute atomic E-state index is 12.2. The predicted octanol–water partition coefficient (Wildman–Crippen LogP) is 1.98. The zero-order valence-corrected chi connectivity index (χ0v) is 15.3. The highest BCUT2D eigenvalue weighted by Crippen LogP contribution is 2.22. The number of fused-ring (bicyclic) bond motifs is 1. The average molecular weight is 346 g/mol. The van der Waals surface area contributed by atoms with Gasteiger partial charge in [0.1, 0.15) is 0 Å². The monoisotopic (exact) mass is 346 g/mol. The number of hydrogen-bond donors (Lipinski definition) is 1. The first-order valence-corrected chi connectivity index (χ1v) is 9.46. The molecule has 1 saturated heterocycles. The summed E-state index contributed by atoms with van der Waals surface area (Å²) in [5.41, 5.74) is 1.03. The maximum atomic E-state index is 12.2. The fourth-order valence-electron chi connectivity index (χ4n) is 3.06. The van der Waals surface area contributed by atoms with Crippen LogP contribution in [0.2, 0.25) is 0 Å². The van der Waals surface area contributed by atoms with Crippen molar-refractivity contribution in [3.8, 4) is 0 Å². The molecule has 1 aromatic carbocycles. The Bertz CT molecular complexity index is 645. The van der Waals surface area contributed by atoms with E-state index in [1.165, 1.54) is 4.70 Å². The SMILES string of the molecule is CC(CN1CCN(C)CC1)NC(=O)CCc1nc2ccccc2s1. The number of carbonyl (C=O) groups excluding carboxylic acids is 1. The van der Waals surface area contributed by atoms with Crippen LogP contribution in [0.1, 0.15) is 18.4 Å². The second kappa shape index (κ2) is 8.05. The lowest BCUT2D eigenvalue weighted by molar-refractivity contribution is -0.121. The lowest BCUT2D eigenvalue weighted by Crippen LogP contribution is -2.49. The van der Waals surface area contributed by atoms with Gasteiger partial charge in [-0.1, -0.05) is 12.1 Å². The summed E-state index contributed by atoms with van der Waals surface area (Å²) in [6.07, 6.45) is 1.22. The Morgan fingerprint density at radius 3 is 2.79 bits per heavy atom. The highest BCUT2D eigenvalue weighted by molar-refractivity contribution is 7.18. The smallest absolute Gasteiger partial charge is 0.220 e. The zero-order chi connectivity index (χ0) is 16.9. The maximum Gasteiger partial charge on any atom is 0.220 e. The van der Waals surface area contributed by atoms with Crippen molar-refractivity contribution in [2.45, 2.75) is 25.8 Å². The average Bonchev–Trinajstić information content (AvgIpc) is 2.98. The van der Waals surface area contributed by atoms with Gasteiger partial charge < -0.3 is 10.2 Å². The van der Waals surface area contributed by atoms with Crippen LogP contribution in [-0.4, -0.2) is 66.5 Å². The number of aryl methyl sites for hydroxylation is 1. The van der Waals surface area contributed by atoms with Gasteiger partial charge in [0, 0.05) is 51.6 Å². The predicted molar refractivity (Wildman–Crippen MR) is 99.5 cm³/mol. The number of nitrogens with zero attached hydrogens (tertiary/aromatic N) is 3. The van der Waals surface area contributed by atoms with E-state index in [0.29, 0.717) is 12.8 Å². The topological polar surface area (TPSA) is 48.5 Å². The van der Waals surface area contributed by atoms with Crippen LogP contribution in [0.5, 0.6) is 0 Å². The first-order chi connectivity index (χ1) is 11.6. The summed E-state index contributed by atoms with van der Waals surface area (Å²) in [4.78, 5) is 21.5. The van der Waals surface area contributed by atoms with E-state index in [1.54, 1.807) is 11.3 Å². The fraction of sp³-hybridized carbons (Fsp3) is 0.556. The van der Waals surface area contributed by atoms with Crippen molar-refractivity contribution in [2.75, 3.05) is 39.8 Å². The normalized spacial score (nSPS) is 17.9. The molecule has 1 aromatic heterocycles. The number of amides is 1. The number of piperazine rings is 1. The molecule has 130 valence electrons. The minimum atomic E-state index is 0.121. The number of nitrogens with one attached hydrogen (secondary N) is 1. The standard InChI is InChI=1S/C18H26N4OS/c1-14(13-22-11-9-21(2)10-12-22)19-17(23)7-8-18-20-15-5-3-4-6-16(15)24-18/h3-6,14H,7-13H2,1-2H3,(H,19,23). The molecule has 6 heteroatoms. The number of benzene rings is 1. The number of carbonyl (C=O) groups is 1. The molecule has 2 heterocycles. The van der Waals surface area contributed by atoms with Gasteiger partial charge in [0.25, 0.3) is 0 Å². The van der Waals surface area contributed by atoms with E-state index in [9.17, 15) is 4.79 Å². The van der Waals surface area contributed by atoms with Crippen molar-refractivity contribution in [1.29, 1.82) is 0 Å². The minimum absolute atomic E-state index is 0.121. The van der Waals surface area contributed by atoms with Crippen LogP contribution < -0.4 is 5.32 Å². The molecule has 0 aliphatic carbocycles. The van der Waals surface area contributed by atoms with Crippen LogP contribution in [0.15, 0.2) is 24.3 Å². The summed E-state index contributed by atoms with van der Waals surface area (Å²) in [6, 6.07) is 8.31. The second-order valence-corrected chi connectivity index (χ2v) is 7.76. The molecule has 1 amide bonds. The van der Waals surface area contributed by atoms with Gasteiger partial charge >= 0.3 is 0 Å². The van der Waals surface area contributed by atoms with Gasteiger partial charge in [-0.25, -0.2) is 4.98 Å².